The fourth-order valence-electron chi connectivity index (χ4n) is 0.970. The van der Waals surface area contributed by atoms with Crippen LogP contribution in [0.25, 0.3) is 0 Å². The SMILES string of the molecule is CCO[C@@H]1CS(=O)C=C(C(=O)OC)O1. The molecule has 0 amide bonds. The minimum Gasteiger partial charge on any atom is -0.463 e. The minimum absolute atomic E-state index is 0.0458. The predicted octanol–water partition coefficient (Wildman–Crippen LogP) is 0.142. The Balaban J connectivity index is 2.68. The fourth-order valence-corrected chi connectivity index (χ4v) is 1.89. The van der Waals surface area contributed by atoms with E-state index in [1.165, 1.54) is 12.5 Å². The molecule has 0 radical (unpaired) electrons. The molecular formula is C8H12O5S. The summed E-state index contributed by atoms with van der Waals surface area (Å²) in [5.74, 6) is -0.438. The summed E-state index contributed by atoms with van der Waals surface area (Å²) >= 11 is 0. The Bertz CT molecular complexity index is 273. The number of carbonyl (C=O) groups excluding carboxylic acids is 1. The van der Waals surface area contributed by atoms with Gasteiger partial charge in [-0.05, 0) is 6.92 Å². The molecule has 1 aliphatic rings. The third-order valence-corrected chi connectivity index (χ3v) is 2.61. The van der Waals surface area contributed by atoms with E-state index >= 15 is 0 Å². The molecular weight excluding hydrogens is 208 g/mol. The van der Waals surface area contributed by atoms with Crippen molar-refractivity contribution in [1.29, 1.82) is 0 Å². The number of methoxy groups -OCH3 is 1. The summed E-state index contributed by atoms with van der Waals surface area (Å²) in [6.45, 7) is 2.23. The maximum atomic E-state index is 11.2. The van der Waals surface area contributed by atoms with Crippen molar-refractivity contribution in [3.63, 3.8) is 0 Å². The largest absolute Gasteiger partial charge is 0.463 e. The lowest BCUT2D eigenvalue weighted by Gasteiger charge is -2.22. The maximum Gasteiger partial charge on any atom is 0.374 e. The third kappa shape index (κ3) is 2.81. The van der Waals surface area contributed by atoms with Gasteiger partial charge < -0.3 is 14.2 Å². The quantitative estimate of drug-likeness (QED) is 0.633. The molecule has 1 aliphatic heterocycles. The summed E-state index contributed by atoms with van der Waals surface area (Å²) in [6.07, 6.45) is -0.625. The van der Waals surface area contributed by atoms with Crippen LogP contribution < -0.4 is 0 Å². The molecule has 1 rings (SSSR count). The second kappa shape index (κ2) is 5.11. The molecule has 0 spiro atoms. The molecule has 0 saturated heterocycles. The highest BCUT2D eigenvalue weighted by molar-refractivity contribution is 7.88. The first kappa shape index (κ1) is 11.2. The second-order valence-electron chi connectivity index (χ2n) is 2.52. The monoisotopic (exact) mass is 220 g/mol. The number of esters is 1. The first-order chi connectivity index (χ1) is 6.67. The molecule has 0 saturated carbocycles. The fraction of sp³-hybridized carbons (Fsp3) is 0.625. The molecule has 6 heteroatoms. The number of hydrogen-bond donors (Lipinski definition) is 0. The summed E-state index contributed by atoms with van der Waals surface area (Å²) in [5, 5.41) is 1.24. The lowest BCUT2D eigenvalue weighted by Crippen LogP contribution is -2.30. The van der Waals surface area contributed by atoms with Crippen molar-refractivity contribution >= 4 is 16.8 Å². The minimum atomic E-state index is -1.24. The van der Waals surface area contributed by atoms with Gasteiger partial charge in [0.1, 0.15) is 0 Å². The molecule has 1 heterocycles. The van der Waals surface area contributed by atoms with Crippen LogP contribution in [0.5, 0.6) is 0 Å². The van der Waals surface area contributed by atoms with Gasteiger partial charge in [0.05, 0.1) is 29.1 Å². The van der Waals surface area contributed by atoms with Crippen molar-refractivity contribution in [3.05, 3.63) is 11.2 Å². The van der Waals surface area contributed by atoms with E-state index in [2.05, 4.69) is 4.74 Å². The molecule has 0 bridgehead atoms. The molecule has 0 aromatic rings. The van der Waals surface area contributed by atoms with E-state index in [1.807, 2.05) is 0 Å². The van der Waals surface area contributed by atoms with E-state index < -0.39 is 23.1 Å². The average molecular weight is 220 g/mol. The van der Waals surface area contributed by atoms with Gasteiger partial charge in [-0.15, -0.1) is 0 Å². The van der Waals surface area contributed by atoms with Crippen LogP contribution in [0, 0.1) is 0 Å². The van der Waals surface area contributed by atoms with Gasteiger partial charge >= 0.3 is 5.97 Å². The van der Waals surface area contributed by atoms with Crippen molar-refractivity contribution in [2.75, 3.05) is 19.5 Å². The molecule has 1 unspecified atom stereocenters. The zero-order chi connectivity index (χ0) is 10.6. The number of rotatable bonds is 3. The summed E-state index contributed by atoms with van der Waals surface area (Å²) in [6, 6.07) is 0. The van der Waals surface area contributed by atoms with Crippen LogP contribution in [0.2, 0.25) is 0 Å². The second-order valence-corrected chi connectivity index (χ2v) is 3.85. The van der Waals surface area contributed by atoms with Gasteiger partial charge in [-0.2, -0.15) is 0 Å². The summed E-state index contributed by atoms with van der Waals surface area (Å²) in [5.41, 5.74) is 0. The van der Waals surface area contributed by atoms with Crippen LogP contribution in [0.4, 0.5) is 0 Å². The number of hydrogen-bond acceptors (Lipinski definition) is 5. The normalized spacial score (nSPS) is 26.3. The van der Waals surface area contributed by atoms with Gasteiger partial charge in [0.25, 0.3) is 0 Å². The molecule has 80 valence electrons. The standard InChI is InChI=1S/C8H12O5S/c1-3-12-7-5-14(10)4-6(13-7)8(9)11-2/h4,7H,3,5H2,1-2H3/t7-,14?/m0/s1. The first-order valence-electron chi connectivity index (χ1n) is 4.13. The first-order valence-corrected chi connectivity index (χ1v) is 5.51. The molecule has 0 fully saturated rings. The van der Waals surface area contributed by atoms with E-state index in [0.717, 1.165) is 0 Å². The average Bonchev–Trinajstić information content (AvgIpc) is 2.16. The lowest BCUT2D eigenvalue weighted by molar-refractivity contribution is -0.150. The van der Waals surface area contributed by atoms with Crippen molar-refractivity contribution in [2.45, 2.75) is 13.2 Å². The highest BCUT2D eigenvalue weighted by Crippen LogP contribution is 2.14. The Morgan fingerprint density at radius 1 is 1.79 bits per heavy atom. The van der Waals surface area contributed by atoms with Gasteiger partial charge in [0.15, 0.2) is 0 Å². The third-order valence-electron chi connectivity index (χ3n) is 1.54. The van der Waals surface area contributed by atoms with Crippen LogP contribution in [0.15, 0.2) is 11.2 Å². The highest BCUT2D eigenvalue weighted by Gasteiger charge is 2.25. The molecule has 0 N–H and O–H groups in total. The van der Waals surface area contributed by atoms with Crippen LogP contribution in [-0.4, -0.2) is 35.9 Å². The molecule has 14 heavy (non-hydrogen) atoms. The van der Waals surface area contributed by atoms with E-state index in [9.17, 15) is 9.00 Å². The smallest absolute Gasteiger partial charge is 0.374 e. The van der Waals surface area contributed by atoms with Gasteiger partial charge in [-0.1, -0.05) is 0 Å². The van der Waals surface area contributed by atoms with Crippen molar-refractivity contribution in [3.8, 4) is 0 Å². The van der Waals surface area contributed by atoms with Crippen LogP contribution in [0.3, 0.4) is 0 Å². The topological polar surface area (TPSA) is 61.8 Å². The van der Waals surface area contributed by atoms with Gasteiger partial charge in [-0.3, -0.25) is 4.21 Å². The van der Waals surface area contributed by atoms with E-state index in [-0.39, 0.29) is 11.5 Å². The zero-order valence-electron chi connectivity index (χ0n) is 8.02. The summed E-state index contributed by atoms with van der Waals surface area (Å²) in [4.78, 5) is 11.1. The van der Waals surface area contributed by atoms with Crippen molar-refractivity contribution in [2.24, 2.45) is 0 Å². The van der Waals surface area contributed by atoms with Crippen LogP contribution in [0.1, 0.15) is 6.92 Å². The zero-order valence-corrected chi connectivity index (χ0v) is 8.83. The molecule has 2 atom stereocenters. The highest BCUT2D eigenvalue weighted by atomic mass is 32.2. The van der Waals surface area contributed by atoms with E-state index in [0.29, 0.717) is 6.61 Å². The predicted molar refractivity (Wildman–Crippen MR) is 49.6 cm³/mol. The Hall–Kier alpha value is -0.880. The summed E-state index contributed by atoms with van der Waals surface area (Å²) < 4.78 is 25.9. The number of carbonyl (C=O) groups is 1. The number of ether oxygens (including phenoxy) is 3. The Morgan fingerprint density at radius 2 is 2.50 bits per heavy atom. The molecule has 0 aromatic heterocycles. The molecule has 0 aromatic carbocycles. The van der Waals surface area contributed by atoms with Gasteiger partial charge in [0.2, 0.25) is 12.0 Å². The van der Waals surface area contributed by atoms with Crippen molar-refractivity contribution < 1.29 is 23.2 Å². The van der Waals surface area contributed by atoms with E-state index in [1.54, 1.807) is 6.92 Å². The van der Waals surface area contributed by atoms with Crippen molar-refractivity contribution in [1.82, 2.24) is 0 Å². The van der Waals surface area contributed by atoms with Crippen LogP contribution >= 0.6 is 0 Å². The summed E-state index contributed by atoms with van der Waals surface area (Å²) in [7, 11) is -0.00103. The Labute approximate surface area is 84.5 Å². The molecule has 0 aliphatic carbocycles. The molecule has 5 nitrogen and oxygen atoms in total. The lowest BCUT2D eigenvalue weighted by atomic mass is 10.5. The maximum absolute atomic E-state index is 11.2. The van der Waals surface area contributed by atoms with Gasteiger partial charge in [-0.25, -0.2) is 4.79 Å². The Kier molecular flexibility index (Phi) is 4.09. The van der Waals surface area contributed by atoms with Gasteiger partial charge in [0, 0.05) is 6.61 Å². The van der Waals surface area contributed by atoms with E-state index in [4.69, 9.17) is 9.47 Å². The Morgan fingerprint density at radius 3 is 3.07 bits per heavy atom. The van der Waals surface area contributed by atoms with Crippen LogP contribution in [-0.2, 0) is 29.8 Å².